The summed E-state index contributed by atoms with van der Waals surface area (Å²) in [7, 11) is 0. The molecule has 3 aromatic rings. The number of anilines is 1. The van der Waals surface area contributed by atoms with Gasteiger partial charge in [-0.2, -0.15) is 0 Å². The lowest BCUT2D eigenvalue weighted by Gasteiger charge is -2.26. The molecule has 1 N–H and O–H groups in total. The zero-order chi connectivity index (χ0) is 25.1. The van der Waals surface area contributed by atoms with Crippen molar-refractivity contribution in [2.24, 2.45) is 0 Å². The minimum atomic E-state index is -0.882. The third-order valence-electron chi connectivity index (χ3n) is 5.02. The van der Waals surface area contributed by atoms with Crippen LogP contribution in [0.3, 0.4) is 0 Å². The molecule has 0 radical (unpaired) electrons. The van der Waals surface area contributed by atoms with Crippen molar-refractivity contribution < 1.29 is 33.1 Å². The molecule has 1 aliphatic heterocycles. The number of ether oxygens (including phenoxy) is 2. The molecule has 9 nitrogen and oxygen atoms in total. The van der Waals surface area contributed by atoms with Gasteiger partial charge >= 0.3 is 12.0 Å². The molecule has 4 rings (SSSR count). The van der Waals surface area contributed by atoms with Crippen LogP contribution in [0.15, 0.2) is 64.8 Å². The first-order chi connectivity index (χ1) is 16.8. The Kier molecular flexibility index (Phi) is 6.70. The number of benzene rings is 2. The smallest absolute Gasteiger partial charge is 0.379 e. The summed E-state index contributed by atoms with van der Waals surface area (Å²) >= 11 is 6.15. The fourth-order valence-corrected chi connectivity index (χ4v) is 3.47. The number of urea groups is 1. The van der Waals surface area contributed by atoms with Crippen molar-refractivity contribution >= 4 is 47.2 Å². The lowest BCUT2D eigenvalue weighted by atomic mass is 10.1. The van der Waals surface area contributed by atoms with Gasteiger partial charge in [-0.3, -0.25) is 14.9 Å². The Morgan fingerprint density at radius 1 is 1.11 bits per heavy atom. The first-order valence-electron chi connectivity index (χ1n) is 10.5. The van der Waals surface area contributed by atoms with E-state index in [9.17, 15) is 19.2 Å². The summed E-state index contributed by atoms with van der Waals surface area (Å²) in [5.74, 6) is -2.02. The molecular formula is C25H19ClN2O7. The number of esters is 1. The van der Waals surface area contributed by atoms with E-state index in [2.05, 4.69) is 5.32 Å². The number of carbonyl (C=O) groups is 4. The van der Waals surface area contributed by atoms with E-state index in [0.717, 1.165) is 10.5 Å². The van der Waals surface area contributed by atoms with Crippen molar-refractivity contribution in [3.8, 4) is 11.5 Å². The maximum absolute atomic E-state index is 13.1. The van der Waals surface area contributed by atoms with Gasteiger partial charge in [0.2, 0.25) is 5.76 Å². The van der Waals surface area contributed by atoms with Crippen LogP contribution < -0.4 is 19.7 Å². The summed E-state index contributed by atoms with van der Waals surface area (Å²) in [4.78, 5) is 51.1. The van der Waals surface area contributed by atoms with E-state index >= 15 is 0 Å². The second kappa shape index (κ2) is 9.86. The number of hydrogen-bond acceptors (Lipinski definition) is 7. The fraction of sp³-hybridized carbons (Fsp3) is 0.120. The van der Waals surface area contributed by atoms with Crippen LogP contribution in [0.4, 0.5) is 10.5 Å². The molecule has 2 aromatic carbocycles. The van der Waals surface area contributed by atoms with Crippen molar-refractivity contribution in [1.29, 1.82) is 0 Å². The first kappa shape index (κ1) is 23.8. The van der Waals surface area contributed by atoms with Crippen molar-refractivity contribution in [2.45, 2.75) is 13.8 Å². The van der Waals surface area contributed by atoms with Crippen LogP contribution in [-0.4, -0.2) is 30.4 Å². The number of halogens is 1. The normalized spacial score (nSPS) is 14.8. The van der Waals surface area contributed by atoms with Gasteiger partial charge in [-0.05, 0) is 67.4 Å². The highest BCUT2D eigenvalue weighted by Crippen LogP contribution is 2.31. The largest absolute Gasteiger partial charge is 0.490 e. The molecule has 1 saturated heterocycles. The Morgan fingerprint density at radius 2 is 1.91 bits per heavy atom. The quantitative estimate of drug-likeness (QED) is 0.232. The average molecular weight is 495 g/mol. The Hall–Kier alpha value is -4.37. The van der Waals surface area contributed by atoms with Crippen molar-refractivity contribution in [1.82, 2.24) is 5.32 Å². The number of furan rings is 1. The number of barbiturate groups is 1. The van der Waals surface area contributed by atoms with Crippen LogP contribution in [0.2, 0.25) is 5.02 Å². The number of amides is 4. The highest BCUT2D eigenvalue weighted by atomic mass is 35.5. The third kappa shape index (κ3) is 4.95. The number of nitrogens with one attached hydrogen (secondary N) is 1. The molecule has 2 heterocycles. The molecule has 10 heteroatoms. The molecule has 0 bridgehead atoms. The van der Waals surface area contributed by atoms with Crippen molar-refractivity contribution in [2.75, 3.05) is 11.5 Å². The second-order valence-corrected chi connectivity index (χ2v) is 7.80. The molecule has 4 amide bonds. The molecule has 0 unspecified atom stereocenters. The first-order valence-corrected chi connectivity index (χ1v) is 10.9. The van der Waals surface area contributed by atoms with Gasteiger partial charge in [0.05, 0.1) is 18.6 Å². The maximum Gasteiger partial charge on any atom is 0.379 e. The second-order valence-electron chi connectivity index (χ2n) is 7.40. The number of hydrogen-bond donors (Lipinski definition) is 1. The molecule has 178 valence electrons. The minimum Gasteiger partial charge on any atom is -0.490 e. The lowest BCUT2D eigenvalue weighted by Crippen LogP contribution is -2.54. The zero-order valence-corrected chi connectivity index (χ0v) is 19.4. The van der Waals surface area contributed by atoms with Crippen LogP contribution in [0.5, 0.6) is 11.5 Å². The topological polar surface area (TPSA) is 115 Å². The van der Waals surface area contributed by atoms with Crippen molar-refractivity contribution in [3.63, 3.8) is 0 Å². The molecule has 1 fully saturated rings. The van der Waals surface area contributed by atoms with Gasteiger partial charge < -0.3 is 13.9 Å². The van der Waals surface area contributed by atoms with E-state index in [1.807, 2.05) is 0 Å². The van der Waals surface area contributed by atoms with Gasteiger partial charge in [0.25, 0.3) is 11.8 Å². The van der Waals surface area contributed by atoms with Crippen LogP contribution in [0.1, 0.15) is 28.6 Å². The van der Waals surface area contributed by atoms with Gasteiger partial charge in [-0.25, -0.2) is 14.5 Å². The highest BCUT2D eigenvalue weighted by molar-refractivity contribution is 6.39. The number of rotatable bonds is 6. The van der Waals surface area contributed by atoms with Crippen LogP contribution in [0.25, 0.3) is 6.08 Å². The number of nitrogens with zero attached hydrogens (tertiary/aromatic N) is 1. The minimum absolute atomic E-state index is 0.0177. The van der Waals surface area contributed by atoms with Gasteiger partial charge in [-0.1, -0.05) is 23.7 Å². The molecule has 0 atom stereocenters. The predicted molar refractivity (Wildman–Crippen MR) is 126 cm³/mol. The van der Waals surface area contributed by atoms with E-state index in [1.54, 1.807) is 32.0 Å². The third-order valence-corrected chi connectivity index (χ3v) is 5.43. The van der Waals surface area contributed by atoms with E-state index < -0.39 is 23.8 Å². The molecule has 35 heavy (non-hydrogen) atoms. The summed E-state index contributed by atoms with van der Waals surface area (Å²) in [6, 6.07) is 11.3. The molecule has 1 aliphatic rings. The van der Waals surface area contributed by atoms with Crippen LogP contribution in [0, 0.1) is 6.92 Å². The van der Waals surface area contributed by atoms with Gasteiger partial charge in [0.1, 0.15) is 5.57 Å². The summed E-state index contributed by atoms with van der Waals surface area (Å²) in [6.45, 7) is 3.80. The molecular weight excluding hydrogens is 476 g/mol. The molecule has 0 saturated carbocycles. The van der Waals surface area contributed by atoms with Gasteiger partial charge in [0, 0.05) is 5.02 Å². The van der Waals surface area contributed by atoms with Gasteiger partial charge in [0.15, 0.2) is 11.5 Å². The van der Waals surface area contributed by atoms with E-state index in [0.29, 0.717) is 10.6 Å². The standard InChI is InChI=1S/C25H19ClN2O7/c1-3-33-21-12-15(7-9-19(21)35-24(31)20-5-4-10-34-20)11-17-22(29)27-25(32)28(23(17)30)16-8-6-14(2)18(26)13-16/h4-13H,3H2,1-2H3,(H,27,29,32). The Bertz CT molecular complexity index is 1360. The van der Waals surface area contributed by atoms with Crippen LogP contribution in [-0.2, 0) is 9.59 Å². The maximum atomic E-state index is 13.1. The van der Waals surface area contributed by atoms with E-state index in [1.165, 1.54) is 42.7 Å². The fourth-order valence-electron chi connectivity index (χ4n) is 3.29. The van der Waals surface area contributed by atoms with E-state index in [-0.39, 0.29) is 35.1 Å². The average Bonchev–Trinajstić information content (AvgIpc) is 3.36. The van der Waals surface area contributed by atoms with Crippen LogP contribution >= 0.6 is 11.6 Å². The Morgan fingerprint density at radius 3 is 2.60 bits per heavy atom. The number of carbonyl (C=O) groups excluding carboxylic acids is 4. The highest BCUT2D eigenvalue weighted by Gasteiger charge is 2.37. The van der Waals surface area contributed by atoms with Crippen molar-refractivity contribution in [3.05, 3.63) is 82.3 Å². The SMILES string of the molecule is CCOc1cc(C=C2C(=O)NC(=O)N(c3ccc(C)c(Cl)c3)C2=O)ccc1OC(=O)c1ccco1. The molecule has 1 aromatic heterocycles. The monoisotopic (exact) mass is 494 g/mol. The number of aryl methyl sites for hydroxylation is 1. The summed E-state index contributed by atoms with van der Waals surface area (Å²) < 4.78 is 16.0. The summed E-state index contributed by atoms with van der Waals surface area (Å²) in [5, 5.41) is 2.53. The molecule has 0 aliphatic carbocycles. The van der Waals surface area contributed by atoms with Gasteiger partial charge in [-0.15, -0.1) is 0 Å². The van der Waals surface area contributed by atoms with E-state index in [4.69, 9.17) is 25.5 Å². The summed E-state index contributed by atoms with van der Waals surface area (Å²) in [5.41, 5.74) is 1.12. The zero-order valence-electron chi connectivity index (χ0n) is 18.7. The Balaban J connectivity index is 1.66. The lowest BCUT2D eigenvalue weighted by molar-refractivity contribution is -0.122. The molecule has 0 spiro atoms. The summed E-state index contributed by atoms with van der Waals surface area (Å²) in [6.07, 6.45) is 2.66. The number of imide groups is 2. The Labute approximate surface area is 204 Å². The predicted octanol–water partition coefficient (Wildman–Crippen LogP) is 4.53.